The van der Waals surface area contributed by atoms with Crippen LogP contribution in [0.15, 0.2) is 47.5 Å². The summed E-state index contributed by atoms with van der Waals surface area (Å²) in [6.07, 6.45) is 6.85. The molecule has 0 spiro atoms. The maximum Gasteiger partial charge on any atom is 0.343 e. The SMILES string of the molecule is CCCCCCOc1ccc(C(=O)Oc2ccc(C=N[C@@H](CO)CC(C)C)c(O)c2)cc1. The molecule has 6 heteroatoms. The van der Waals surface area contributed by atoms with Gasteiger partial charge in [0.25, 0.3) is 0 Å². The van der Waals surface area contributed by atoms with Crippen LogP contribution in [0.3, 0.4) is 0 Å². The number of hydrogen-bond acceptors (Lipinski definition) is 6. The molecule has 0 aliphatic carbocycles. The van der Waals surface area contributed by atoms with E-state index in [1.54, 1.807) is 36.4 Å². The molecule has 0 bridgehead atoms. The summed E-state index contributed by atoms with van der Waals surface area (Å²) in [5, 5.41) is 19.7. The Labute approximate surface area is 190 Å². The largest absolute Gasteiger partial charge is 0.507 e. The Morgan fingerprint density at radius 1 is 1.06 bits per heavy atom. The predicted octanol–water partition coefficient (Wildman–Crippen LogP) is 5.40. The summed E-state index contributed by atoms with van der Waals surface area (Å²) in [4.78, 5) is 16.8. The number of benzene rings is 2. The predicted molar refractivity (Wildman–Crippen MR) is 127 cm³/mol. The normalized spacial score (nSPS) is 12.3. The fraction of sp³-hybridized carbons (Fsp3) is 0.462. The highest BCUT2D eigenvalue weighted by atomic mass is 16.5. The van der Waals surface area contributed by atoms with Crippen molar-refractivity contribution in [2.24, 2.45) is 10.9 Å². The summed E-state index contributed by atoms with van der Waals surface area (Å²) in [5.74, 6) is 0.801. The van der Waals surface area contributed by atoms with Crippen molar-refractivity contribution in [1.82, 2.24) is 0 Å². The number of esters is 1. The Morgan fingerprint density at radius 3 is 2.41 bits per heavy atom. The lowest BCUT2D eigenvalue weighted by Gasteiger charge is -2.11. The lowest BCUT2D eigenvalue weighted by molar-refractivity contribution is 0.0734. The topological polar surface area (TPSA) is 88.4 Å². The fourth-order valence-electron chi connectivity index (χ4n) is 3.18. The highest BCUT2D eigenvalue weighted by Crippen LogP contribution is 2.24. The van der Waals surface area contributed by atoms with Crippen LogP contribution in [-0.2, 0) is 0 Å². The molecule has 2 aromatic rings. The number of aliphatic imine (C=N–C) groups is 1. The van der Waals surface area contributed by atoms with E-state index in [9.17, 15) is 15.0 Å². The van der Waals surface area contributed by atoms with Gasteiger partial charge in [-0.2, -0.15) is 0 Å². The van der Waals surface area contributed by atoms with Crippen molar-refractivity contribution in [2.45, 2.75) is 58.9 Å². The van der Waals surface area contributed by atoms with Crippen molar-refractivity contribution in [3.8, 4) is 17.2 Å². The second-order valence-electron chi connectivity index (χ2n) is 8.29. The van der Waals surface area contributed by atoms with Crippen molar-refractivity contribution in [1.29, 1.82) is 0 Å². The minimum Gasteiger partial charge on any atom is -0.507 e. The standard InChI is InChI=1S/C26H35NO5/c1-4-5-6-7-14-31-23-11-8-20(9-12-23)26(30)32-24-13-10-21(25(29)16-24)17-27-22(18-28)15-19(2)3/h8-13,16-17,19,22,28-29H,4-7,14-15,18H2,1-3H3/t22-/m1/s1. The van der Waals surface area contributed by atoms with E-state index in [1.807, 2.05) is 0 Å². The summed E-state index contributed by atoms with van der Waals surface area (Å²) in [6, 6.07) is 11.2. The van der Waals surface area contributed by atoms with Gasteiger partial charge in [-0.25, -0.2) is 4.79 Å². The molecule has 0 heterocycles. The molecule has 0 amide bonds. The van der Waals surface area contributed by atoms with Gasteiger partial charge >= 0.3 is 5.97 Å². The van der Waals surface area contributed by atoms with Gasteiger partial charge in [-0.1, -0.05) is 40.0 Å². The third-order valence-electron chi connectivity index (χ3n) is 4.95. The molecule has 2 N–H and O–H groups in total. The number of hydrogen-bond donors (Lipinski definition) is 2. The van der Waals surface area contributed by atoms with Gasteiger partial charge in [0.15, 0.2) is 0 Å². The molecule has 0 radical (unpaired) electrons. The molecule has 2 aromatic carbocycles. The number of nitrogens with zero attached hydrogens (tertiary/aromatic N) is 1. The van der Waals surface area contributed by atoms with E-state index in [1.165, 1.54) is 25.1 Å². The van der Waals surface area contributed by atoms with Crippen LogP contribution in [0.1, 0.15) is 68.8 Å². The average molecular weight is 442 g/mol. The summed E-state index contributed by atoms with van der Waals surface area (Å²) in [7, 11) is 0. The van der Waals surface area contributed by atoms with Gasteiger partial charge in [0.05, 0.1) is 24.8 Å². The van der Waals surface area contributed by atoms with E-state index in [2.05, 4.69) is 25.8 Å². The van der Waals surface area contributed by atoms with Crippen LogP contribution in [0.2, 0.25) is 0 Å². The first-order valence-corrected chi connectivity index (χ1v) is 11.3. The monoisotopic (exact) mass is 441 g/mol. The molecule has 174 valence electrons. The zero-order valence-corrected chi connectivity index (χ0v) is 19.3. The van der Waals surface area contributed by atoms with Gasteiger partial charge in [0.2, 0.25) is 0 Å². The van der Waals surface area contributed by atoms with E-state index in [0.29, 0.717) is 23.7 Å². The van der Waals surface area contributed by atoms with Crippen molar-refractivity contribution >= 4 is 12.2 Å². The molecule has 0 saturated carbocycles. The van der Waals surface area contributed by atoms with E-state index < -0.39 is 5.97 Å². The average Bonchev–Trinajstić information content (AvgIpc) is 2.77. The van der Waals surface area contributed by atoms with Crippen molar-refractivity contribution < 1.29 is 24.5 Å². The minimum atomic E-state index is -0.516. The van der Waals surface area contributed by atoms with Crippen LogP contribution in [0.5, 0.6) is 17.2 Å². The van der Waals surface area contributed by atoms with Crippen molar-refractivity contribution in [2.75, 3.05) is 13.2 Å². The van der Waals surface area contributed by atoms with Crippen LogP contribution in [0.4, 0.5) is 0 Å². The van der Waals surface area contributed by atoms with Crippen LogP contribution in [0.25, 0.3) is 0 Å². The number of ether oxygens (including phenoxy) is 2. The second kappa shape index (κ2) is 13.5. The van der Waals surface area contributed by atoms with Gasteiger partial charge in [0, 0.05) is 17.8 Å². The summed E-state index contributed by atoms with van der Waals surface area (Å²) in [6.45, 7) is 6.91. The van der Waals surface area contributed by atoms with Gasteiger partial charge in [-0.05, 0) is 55.2 Å². The van der Waals surface area contributed by atoms with Crippen molar-refractivity contribution in [3.05, 3.63) is 53.6 Å². The van der Waals surface area contributed by atoms with E-state index >= 15 is 0 Å². The Balaban J connectivity index is 1.92. The number of rotatable bonds is 13. The van der Waals surface area contributed by atoms with Gasteiger partial charge < -0.3 is 19.7 Å². The minimum absolute atomic E-state index is 0.0478. The molecule has 0 fully saturated rings. The molecule has 2 rings (SSSR count). The number of unbranched alkanes of at least 4 members (excludes halogenated alkanes) is 3. The first-order valence-electron chi connectivity index (χ1n) is 11.3. The van der Waals surface area contributed by atoms with Crippen molar-refractivity contribution in [3.63, 3.8) is 0 Å². The Bertz CT molecular complexity index is 861. The number of phenols is 1. The molecule has 0 aromatic heterocycles. The summed E-state index contributed by atoms with van der Waals surface area (Å²) in [5.41, 5.74) is 0.889. The molecular formula is C26H35NO5. The van der Waals surface area contributed by atoms with Crippen LogP contribution < -0.4 is 9.47 Å². The Morgan fingerprint density at radius 2 is 1.78 bits per heavy atom. The summed E-state index contributed by atoms with van der Waals surface area (Å²) < 4.78 is 11.1. The maximum absolute atomic E-state index is 12.4. The molecule has 6 nitrogen and oxygen atoms in total. The molecule has 0 saturated heterocycles. The number of aromatic hydroxyl groups is 1. The van der Waals surface area contributed by atoms with Crippen LogP contribution >= 0.6 is 0 Å². The molecular weight excluding hydrogens is 406 g/mol. The van der Waals surface area contributed by atoms with E-state index in [-0.39, 0.29) is 24.1 Å². The fourth-order valence-corrected chi connectivity index (χ4v) is 3.18. The van der Waals surface area contributed by atoms with E-state index in [0.717, 1.165) is 25.0 Å². The highest BCUT2D eigenvalue weighted by Gasteiger charge is 2.11. The molecule has 0 aliphatic heterocycles. The molecule has 1 atom stereocenters. The van der Waals surface area contributed by atoms with Crippen LogP contribution in [0, 0.1) is 5.92 Å². The third kappa shape index (κ3) is 8.71. The molecule has 32 heavy (non-hydrogen) atoms. The number of aliphatic hydroxyl groups excluding tert-OH is 1. The highest BCUT2D eigenvalue weighted by molar-refractivity contribution is 5.91. The lowest BCUT2D eigenvalue weighted by atomic mass is 10.1. The lowest BCUT2D eigenvalue weighted by Crippen LogP contribution is -2.13. The number of carbonyl (C=O) groups excluding carboxylic acids is 1. The second-order valence-corrected chi connectivity index (χ2v) is 8.29. The number of phenolic OH excluding ortho intramolecular Hbond substituents is 1. The van der Waals surface area contributed by atoms with Gasteiger partial charge in [-0.3, -0.25) is 4.99 Å². The Hall–Kier alpha value is -2.86. The molecule has 0 aliphatic rings. The zero-order valence-electron chi connectivity index (χ0n) is 19.3. The van der Waals surface area contributed by atoms with E-state index in [4.69, 9.17) is 9.47 Å². The summed E-state index contributed by atoms with van der Waals surface area (Å²) >= 11 is 0. The quantitative estimate of drug-likeness (QED) is 0.188. The third-order valence-corrected chi connectivity index (χ3v) is 4.95. The van der Waals surface area contributed by atoms with Gasteiger partial charge in [0.1, 0.15) is 17.2 Å². The Kier molecular flexibility index (Phi) is 10.7. The first-order chi connectivity index (χ1) is 15.4. The maximum atomic E-state index is 12.4. The zero-order chi connectivity index (χ0) is 23.3. The van der Waals surface area contributed by atoms with Gasteiger partial charge in [-0.15, -0.1) is 0 Å². The number of carbonyl (C=O) groups is 1. The van der Waals surface area contributed by atoms with Crippen LogP contribution in [-0.4, -0.2) is 41.7 Å². The molecule has 0 unspecified atom stereocenters. The smallest absolute Gasteiger partial charge is 0.343 e. The number of aliphatic hydroxyl groups is 1. The first kappa shape index (κ1) is 25.4.